The van der Waals surface area contributed by atoms with Crippen molar-refractivity contribution in [2.75, 3.05) is 6.54 Å². The average molecular weight is 242 g/mol. The average Bonchev–Trinajstić information content (AvgIpc) is 2.22. The van der Waals surface area contributed by atoms with Crippen LogP contribution in [0, 0.1) is 11.8 Å². The van der Waals surface area contributed by atoms with E-state index in [2.05, 4.69) is 13.8 Å². The lowest BCUT2D eigenvalue weighted by Crippen LogP contribution is -2.33. The number of aliphatic hydroxyl groups excluding tert-OH is 1. The van der Waals surface area contributed by atoms with Crippen LogP contribution in [0.3, 0.4) is 0 Å². The molecule has 0 aliphatic heterocycles. The second kappa shape index (κ2) is 6.24. The third-order valence-corrected chi connectivity index (χ3v) is 3.38. The second-order valence-electron chi connectivity index (χ2n) is 4.51. The van der Waals surface area contributed by atoms with Crippen LogP contribution < -0.4 is 5.73 Å². The van der Waals surface area contributed by atoms with Gasteiger partial charge in [0, 0.05) is 11.4 Å². The summed E-state index contributed by atoms with van der Waals surface area (Å²) < 4.78 is 0. The van der Waals surface area contributed by atoms with Crippen molar-refractivity contribution in [1.29, 1.82) is 0 Å². The number of rotatable bonds is 5. The second-order valence-corrected chi connectivity index (χ2v) is 4.91. The smallest absolute Gasteiger partial charge is 0.0623 e. The Hall–Kier alpha value is -0.570. The van der Waals surface area contributed by atoms with E-state index in [1.807, 2.05) is 24.3 Å². The summed E-state index contributed by atoms with van der Waals surface area (Å²) in [6, 6.07) is 7.61. The Morgan fingerprint density at radius 1 is 1.31 bits per heavy atom. The van der Waals surface area contributed by atoms with Crippen LogP contribution in [0.1, 0.15) is 19.4 Å². The summed E-state index contributed by atoms with van der Waals surface area (Å²) in [5.74, 6) is 0.499. The van der Waals surface area contributed by atoms with Gasteiger partial charge in [-0.15, -0.1) is 0 Å². The quantitative estimate of drug-likeness (QED) is 0.832. The summed E-state index contributed by atoms with van der Waals surface area (Å²) in [6.07, 6.45) is 0.143. The molecule has 16 heavy (non-hydrogen) atoms. The van der Waals surface area contributed by atoms with Gasteiger partial charge in [-0.1, -0.05) is 43.6 Å². The fourth-order valence-corrected chi connectivity index (χ4v) is 2.13. The molecule has 2 atom stereocenters. The summed E-state index contributed by atoms with van der Waals surface area (Å²) in [7, 11) is 0. The molecular weight excluding hydrogens is 222 g/mol. The molecule has 1 aromatic rings. The first kappa shape index (κ1) is 13.5. The molecule has 0 aliphatic carbocycles. The highest BCUT2D eigenvalue weighted by molar-refractivity contribution is 6.31. The van der Waals surface area contributed by atoms with E-state index >= 15 is 0 Å². The molecule has 3 N–H and O–H groups in total. The number of nitrogens with two attached hydrogens (primary N) is 1. The van der Waals surface area contributed by atoms with E-state index < -0.39 is 6.10 Å². The van der Waals surface area contributed by atoms with Crippen molar-refractivity contribution in [3.63, 3.8) is 0 Å². The topological polar surface area (TPSA) is 46.2 Å². The Bertz CT molecular complexity index is 327. The third-order valence-electron chi connectivity index (χ3n) is 3.01. The van der Waals surface area contributed by atoms with E-state index in [0.717, 1.165) is 5.56 Å². The van der Waals surface area contributed by atoms with Crippen LogP contribution in [0.5, 0.6) is 0 Å². The van der Waals surface area contributed by atoms with Gasteiger partial charge >= 0.3 is 0 Å². The molecule has 90 valence electrons. The van der Waals surface area contributed by atoms with Crippen LogP contribution in [0.4, 0.5) is 0 Å². The summed E-state index contributed by atoms with van der Waals surface area (Å²) in [6.45, 7) is 4.66. The Morgan fingerprint density at radius 2 is 1.94 bits per heavy atom. The molecule has 0 saturated heterocycles. The van der Waals surface area contributed by atoms with Gasteiger partial charge < -0.3 is 10.8 Å². The van der Waals surface area contributed by atoms with E-state index in [-0.39, 0.29) is 5.92 Å². The zero-order chi connectivity index (χ0) is 12.1. The van der Waals surface area contributed by atoms with Crippen LogP contribution in [-0.2, 0) is 6.42 Å². The largest absolute Gasteiger partial charge is 0.392 e. The number of benzene rings is 1. The van der Waals surface area contributed by atoms with Gasteiger partial charge in [-0.05, 0) is 30.0 Å². The van der Waals surface area contributed by atoms with Crippen LogP contribution >= 0.6 is 11.6 Å². The maximum absolute atomic E-state index is 10.1. The maximum atomic E-state index is 10.1. The van der Waals surface area contributed by atoms with Gasteiger partial charge in [0.05, 0.1) is 6.10 Å². The monoisotopic (exact) mass is 241 g/mol. The molecule has 0 heterocycles. The fourth-order valence-electron chi connectivity index (χ4n) is 1.91. The molecule has 0 spiro atoms. The van der Waals surface area contributed by atoms with E-state index in [9.17, 15) is 5.11 Å². The van der Waals surface area contributed by atoms with Crippen LogP contribution in [0.15, 0.2) is 24.3 Å². The van der Waals surface area contributed by atoms with Crippen molar-refractivity contribution in [2.24, 2.45) is 17.6 Å². The van der Waals surface area contributed by atoms with E-state index in [4.69, 9.17) is 17.3 Å². The molecule has 2 nitrogen and oxygen atoms in total. The minimum atomic E-state index is -0.426. The van der Waals surface area contributed by atoms with E-state index in [1.54, 1.807) is 0 Å². The Kier molecular flexibility index (Phi) is 5.26. The predicted molar refractivity (Wildman–Crippen MR) is 68.5 cm³/mol. The molecule has 1 rings (SSSR count). The van der Waals surface area contributed by atoms with E-state index in [0.29, 0.717) is 23.9 Å². The first-order valence-corrected chi connectivity index (χ1v) is 6.05. The zero-order valence-electron chi connectivity index (χ0n) is 9.86. The molecule has 2 unspecified atom stereocenters. The summed E-state index contributed by atoms with van der Waals surface area (Å²) >= 11 is 6.05. The summed E-state index contributed by atoms with van der Waals surface area (Å²) in [5, 5.41) is 10.8. The first-order valence-electron chi connectivity index (χ1n) is 5.67. The van der Waals surface area contributed by atoms with Gasteiger partial charge in [0.2, 0.25) is 0 Å². The molecule has 0 fully saturated rings. The molecule has 0 bridgehead atoms. The molecule has 0 aromatic heterocycles. The Balaban J connectivity index is 2.70. The van der Waals surface area contributed by atoms with Crippen molar-refractivity contribution >= 4 is 11.6 Å². The number of aliphatic hydroxyl groups is 1. The first-order chi connectivity index (χ1) is 7.56. The molecule has 1 aromatic carbocycles. The highest BCUT2D eigenvalue weighted by Crippen LogP contribution is 2.22. The molecule has 3 heteroatoms. The van der Waals surface area contributed by atoms with Crippen LogP contribution in [0.2, 0.25) is 5.02 Å². The Labute approximate surface area is 102 Å². The van der Waals surface area contributed by atoms with Gasteiger partial charge in [0.15, 0.2) is 0 Å². The van der Waals surface area contributed by atoms with Crippen molar-refractivity contribution in [1.82, 2.24) is 0 Å². The van der Waals surface area contributed by atoms with Gasteiger partial charge in [-0.2, -0.15) is 0 Å². The molecule has 0 amide bonds. The van der Waals surface area contributed by atoms with Crippen molar-refractivity contribution in [3.8, 4) is 0 Å². The molecule has 0 radical (unpaired) electrons. The highest BCUT2D eigenvalue weighted by atomic mass is 35.5. The van der Waals surface area contributed by atoms with Crippen LogP contribution in [0.25, 0.3) is 0 Å². The van der Waals surface area contributed by atoms with Crippen molar-refractivity contribution in [2.45, 2.75) is 26.4 Å². The van der Waals surface area contributed by atoms with Gasteiger partial charge in [0.1, 0.15) is 0 Å². The number of hydrogen-bond acceptors (Lipinski definition) is 2. The number of halogens is 1. The lowest BCUT2D eigenvalue weighted by Gasteiger charge is -2.25. The molecule has 0 aliphatic rings. The molecule has 0 saturated carbocycles. The normalized spacial score (nSPS) is 15.1. The lowest BCUT2D eigenvalue weighted by molar-refractivity contribution is 0.0864. The van der Waals surface area contributed by atoms with Gasteiger partial charge in [-0.25, -0.2) is 0 Å². The Morgan fingerprint density at radius 3 is 2.44 bits per heavy atom. The van der Waals surface area contributed by atoms with Crippen molar-refractivity contribution < 1.29 is 5.11 Å². The highest BCUT2D eigenvalue weighted by Gasteiger charge is 2.21. The van der Waals surface area contributed by atoms with E-state index in [1.165, 1.54) is 0 Å². The van der Waals surface area contributed by atoms with Gasteiger partial charge in [0.25, 0.3) is 0 Å². The summed E-state index contributed by atoms with van der Waals surface area (Å²) in [4.78, 5) is 0. The zero-order valence-corrected chi connectivity index (χ0v) is 10.6. The minimum Gasteiger partial charge on any atom is -0.392 e. The fraction of sp³-hybridized carbons (Fsp3) is 0.538. The third kappa shape index (κ3) is 3.48. The van der Waals surface area contributed by atoms with Crippen LogP contribution in [-0.4, -0.2) is 17.8 Å². The standard InChI is InChI=1S/C13H20ClNO/c1-9(2)11(8-15)13(16)7-10-5-3-4-6-12(10)14/h3-6,9,11,13,16H,7-8,15H2,1-2H3. The predicted octanol–water partition coefficient (Wildman–Crippen LogP) is 2.47. The number of hydrogen-bond donors (Lipinski definition) is 2. The molecular formula is C13H20ClNO. The maximum Gasteiger partial charge on any atom is 0.0623 e. The lowest BCUT2D eigenvalue weighted by atomic mass is 9.87. The summed E-state index contributed by atoms with van der Waals surface area (Å²) in [5.41, 5.74) is 6.66. The van der Waals surface area contributed by atoms with Gasteiger partial charge in [-0.3, -0.25) is 0 Å². The SMILES string of the molecule is CC(C)C(CN)C(O)Cc1ccccc1Cl. The van der Waals surface area contributed by atoms with Crippen molar-refractivity contribution in [3.05, 3.63) is 34.9 Å². The minimum absolute atomic E-state index is 0.122.